The van der Waals surface area contributed by atoms with Gasteiger partial charge in [-0.05, 0) is 17.7 Å². The Hall–Kier alpha value is -2.08. The summed E-state index contributed by atoms with van der Waals surface area (Å²) < 4.78 is 0.986. The molecule has 0 amide bonds. The molecule has 0 aliphatic carbocycles. The Morgan fingerprint density at radius 2 is 2.10 bits per heavy atom. The Bertz CT molecular complexity index is 646. The standard InChI is InChI=1S/C14H14BrN3O2/c1-18(8-9-4-2-3-5-11(9)15)13-12(16)10(14(19)20)6-7-17-13/h2-7H,8,16H2,1H3,(H,19,20). The van der Waals surface area contributed by atoms with Gasteiger partial charge in [-0.15, -0.1) is 0 Å². The number of carboxylic acids is 1. The van der Waals surface area contributed by atoms with Gasteiger partial charge in [0.25, 0.3) is 0 Å². The molecule has 0 saturated heterocycles. The van der Waals surface area contributed by atoms with Crippen LogP contribution < -0.4 is 10.6 Å². The number of nitrogens with zero attached hydrogens (tertiary/aromatic N) is 2. The SMILES string of the molecule is CN(Cc1ccccc1Br)c1nccc(C(=O)O)c1N. The van der Waals surface area contributed by atoms with E-state index in [1.807, 2.05) is 36.2 Å². The lowest BCUT2D eigenvalue weighted by molar-refractivity contribution is 0.0698. The van der Waals surface area contributed by atoms with Crippen molar-refractivity contribution in [1.82, 2.24) is 4.98 Å². The Labute approximate surface area is 125 Å². The van der Waals surface area contributed by atoms with E-state index < -0.39 is 5.97 Å². The molecular weight excluding hydrogens is 322 g/mol. The third-order valence-electron chi connectivity index (χ3n) is 2.93. The number of hydrogen-bond donors (Lipinski definition) is 2. The zero-order valence-corrected chi connectivity index (χ0v) is 12.5. The first-order valence-corrected chi connectivity index (χ1v) is 6.72. The van der Waals surface area contributed by atoms with Crippen molar-refractivity contribution in [1.29, 1.82) is 0 Å². The fourth-order valence-electron chi connectivity index (χ4n) is 1.91. The fraction of sp³-hybridized carbons (Fsp3) is 0.143. The van der Waals surface area contributed by atoms with Crippen LogP contribution >= 0.6 is 15.9 Å². The Balaban J connectivity index is 2.30. The molecule has 0 saturated carbocycles. The zero-order chi connectivity index (χ0) is 14.7. The number of benzene rings is 1. The summed E-state index contributed by atoms with van der Waals surface area (Å²) in [4.78, 5) is 17.1. The van der Waals surface area contributed by atoms with Crippen molar-refractivity contribution >= 4 is 33.4 Å². The first kappa shape index (κ1) is 14.3. The molecule has 1 aromatic heterocycles. The lowest BCUT2D eigenvalue weighted by Gasteiger charge is -2.21. The third kappa shape index (κ3) is 2.91. The molecule has 0 atom stereocenters. The van der Waals surface area contributed by atoms with Crippen LogP contribution in [0.5, 0.6) is 0 Å². The van der Waals surface area contributed by atoms with Crippen molar-refractivity contribution in [3.8, 4) is 0 Å². The number of nitrogens with two attached hydrogens (primary N) is 1. The molecule has 2 rings (SSSR count). The number of rotatable bonds is 4. The lowest BCUT2D eigenvalue weighted by atomic mass is 10.2. The van der Waals surface area contributed by atoms with Crippen molar-refractivity contribution in [3.05, 3.63) is 52.1 Å². The highest BCUT2D eigenvalue weighted by atomic mass is 79.9. The maximum atomic E-state index is 11.1. The van der Waals surface area contributed by atoms with Crippen LogP contribution in [0.25, 0.3) is 0 Å². The summed E-state index contributed by atoms with van der Waals surface area (Å²) in [5.74, 6) is -0.596. The van der Waals surface area contributed by atoms with Crippen molar-refractivity contribution in [2.75, 3.05) is 17.7 Å². The number of aromatic nitrogens is 1. The van der Waals surface area contributed by atoms with Crippen LogP contribution in [0.2, 0.25) is 0 Å². The second-order valence-corrected chi connectivity index (χ2v) is 5.20. The molecule has 20 heavy (non-hydrogen) atoms. The molecule has 0 fully saturated rings. The first-order valence-electron chi connectivity index (χ1n) is 5.93. The highest BCUT2D eigenvalue weighted by Crippen LogP contribution is 2.26. The molecule has 0 bridgehead atoms. The molecule has 3 N–H and O–H groups in total. The Kier molecular flexibility index (Phi) is 4.24. The molecule has 0 radical (unpaired) electrons. The van der Waals surface area contributed by atoms with Gasteiger partial charge >= 0.3 is 5.97 Å². The molecule has 0 aliphatic heterocycles. The van der Waals surface area contributed by atoms with Gasteiger partial charge in [0, 0.05) is 24.3 Å². The maximum absolute atomic E-state index is 11.1. The van der Waals surface area contributed by atoms with Gasteiger partial charge in [0.1, 0.15) is 0 Å². The molecule has 1 heterocycles. The fourth-order valence-corrected chi connectivity index (χ4v) is 2.32. The average molecular weight is 336 g/mol. The summed E-state index contributed by atoms with van der Waals surface area (Å²) in [6, 6.07) is 9.21. The summed E-state index contributed by atoms with van der Waals surface area (Å²) >= 11 is 3.48. The molecule has 2 aromatic rings. The molecule has 1 aromatic carbocycles. The van der Waals surface area contributed by atoms with E-state index in [-0.39, 0.29) is 11.3 Å². The molecule has 0 unspecified atom stereocenters. The van der Waals surface area contributed by atoms with E-state index in [9.17, 15) is 4.79 Å². The van der Waals surface area contributed by atoms with Gasteiger partial charge in [-0.1, -0.05) is 34.1 Å². The molecule has 104 valence electrons. The van der Waals surface area contributed by atoms with Crippen molar-refractivity contribution in [3.63, 3.8) is 0 Å². The second-order valence-electron chi connectivity index (χ2n) is 4.35. The van der Waals surface area contributed by atoms with Crippen molar-refractivity contribution in [2.45, 2.75) is 6.54 Å². The van der Waals surface area contributed by atoms with Crippen LogP contribution in [0, 0.1) is 0 Å². The second kappa shape index (κ2) is 5.92. The summed E-state index contributed by atoms with van der Waals surface area (Å²) in [5, 5.41) is 9.07. The summed E-state index contributed by atoms with van der Waals surface area (Å²) in [5.41, 5.74) is 7.19. The number of anilines is 2. The molecular formula is C14H14BrN3O2. The van der Waals surface area contributed by atoms with Crippen LogP contribution in [0.15, 0.2) is 41.0 Å². The van der Waals surface area contributed by atoms with E-state index >= 15 is 0 Å². The van der Waals surface area contributed by atoms with Gasteiger partial charge in [0.05, 0.1) is 11.3 Å². The summed E-state index contributed by atoms with van der Waals surface area (Å²) in [6.45, 7) is 0.571. The van der Waals surface area contributed by atoms with Gasteiger partial charge in [0.2, 0.25) is 0 Å². The van der Waals surface area contributed by atoms with E-state index in [1.165, 1.54) is 12.3 Å². The van der Waals surface area contributed by atoms with E-state index in [4.69, 9.17) is 10.8 Å². The lowest BCUT2D eigenvalue weighted by Crippen LogP contribution is -2.20. The first-order chi connectivity index (χ1) is 9.50. The number of nitrogen functional groups attached to an aromatic ring is 1. The van der Waals surface area contributed by atoms with Gasteiger partial charge in [-0.25, -0.2) is 9.78 Å². The number of hydrogen-bond acceptors (Lipinski definition) is 4. The van der Waals surface area contributed by atoms with E-state index in [0.717, 1.165) is 10.0 Å². The highest BCUT2D eigenvalue weighted by molar-refractivity contribution is 9.10. The van der Waals surface area contributed by atoms with Gasteiger partial charge < -0.3 is 15.7 Å². The molecule has 0 spiro atoms. The predicted molar refractivity (Wildman–Crippen MR) is 81.9 cm³/mol. The van der Waals surface area contributed by atoms with Gasteiger partial charge in [-0.3, -0.25) is 0 Å². The minimum atomic E-state index is -1.06. The Morgan fingerprint density at radius 3 is 2.75 bits per heavy atom. The summed E-state index contributed by atoms with van der Waals surface area (Å²) in [6.07, 6.45) is 1.45. The van der Waals surface area contributed by atoms with Crippen molar-refractivity contribution < 1.29 is 9.90 Å². The van der Waals surface area contributed by atoms with Crippen LogP contribution in [0.4, 0.5) is 11.5 Å². The van der Waals surface area contributed by atoms with Gasteiger partial charge in [-0.2, -0.15) is 0 Å². The zero-order valence-electron chi connectivity index (χ0n) is 10.9. The minimum absolute atomic E-state index is 0.0639. The van der Waals surface area contributed by atoms with Crippen molar-refractivity contribution in [2.24, 2.45) is 0 Å². The largest absolute Gasteiger partial charge is 0.478 e. The van der Waals surface area contributed by atoms with Crippen LogP contribution in [0.1, 0.15) is 15.9 Å². The number of aromatic carboxylic acids is 1. The van der Waals surface area contributed by atoms with Crippen LogP contribution in [-0.2, 0) is 6.54 Å². The van der Waals surface area contributed by atoms with E-state index in [0.29, 0.717) is 12.4 Å². The minimum Gasteiger partial charge on any atom is -0.478 e. The van der Waals surface area contributed by atoms with E-state index in [1.54, 1.807) is 0 Å². The van der Waals surface area contributed by atoms with Crippen LogP contribution in [0.3, 0.4) is 0 Å². The Morgan fingerprint density at radius 1 is 1.40 bits per heavy atom. The highest BCUT2D eigenvalue weighted by Gasteiger charge is 2.15. The van der Waals surface area contributed by atoms with Gasteiger partial charge in [0.15, 0.2) is 5.82 Å². The number of carbonyl (C=O) groups is 1. The quantitative estimate of drug-likeness (QED) is 0.897. The number of carboxylic acid groups (broad SMARTS) is 1. The molecule has 6 heteroatoms. The van der Waals surface area contributed by atoms with E-state index in [2.05, 4.69) is 20.9 Å². The average Bonchev–Trinajstić information content (AvgIpc) is 2.41. The molecule has 5 nitrogen and oxygen atoms in total. The normalized spacial score (nSPS) is 10.3. The topological polar surface area (TPSA) is 79.5 Å². The third-order valence-corrected chi connectivity index (χ3v) is 3.70. The molecule has 0 aliphatic rings. The summed E-state index contributed by atoms with van der Waals surface area (Å²) in [7, 11) is 1.82. The number of halogens is 1. The smallest absolute Gasteiger partial charge is 0.337 e. The number of pyridine rings is 1. The predicted octanol–water partition coefficient (Wildman–Crippen LogP) is 2.76. The van der Waals surface area contributed by atoms with Crippen LogP contribution in [-0.4, -0.2) is 23.1 Å². The monoisotopic (exact) mass is 335 g/mol. The maximum Gasteiger partial charge on any atom is 0.337 e.